The van der Waals surface area contributed by atoms with Gasteiger partial charge in [-0.25, -0.2) is 0 Å². The van der Waals surface area contributed by atoms with Gasteiger partial charge >= 0.3 is 0 Å². The molecule has 2 N–H and O–H groups in total. The maximum Gasteiger partial charge on any atom is 0.231 e. The van der Waals surface area contributed by atoms with Crippen molar-refractivity contribution in [3.05, 3.63) is 42.0 Å². The van der Waals surface area contributed by atoms with E-state index in [0.717, 1.165) is 30.2 Å². The van der Waals surface area contributed by atoms with Gasteiger partial charge in [0.05, 0.1) is 13.7 Å². The first-order valence-corrected chi connectivity index (χ1v) is 8.90. The van der Waals surface area contributed by atoms with Gasteiger partial charge in [-0.1, -0.05) is 6.07 Å². The number of halogens is 1. The summed E-state index contributed by atoms with van der Waals surface area (Å²) in [6.07, 6.45) is 0.837. The SMILES string of the molecule is CCOc1cc(NC(=NC)NCCc2ccc3c(c2)OCO3)ccc1OC.I. The number of fused-ring (bicyclic) bond motifs is 1. The Labute approximate surface area is 182 Å². The van der Waals surface area contributed by atoms with Crippen molar-refractivity contribution in [1.29, 1.82) is 0 Å². The molecule has 0 aliphatic carbocycles. The molecule has 7 nitrogen and oxygen atoms in total. The topological polar surface area (TPSA) is 73.3 Å². The second kappa shape index (κ2) is 10.8. The highest BCUT2D eigenvalue weighted by Gasteiger charge is 2.13. The van der Waals surface area contributed by atoms with E-state index in [1.807, 2.05) is 43.3 Å². The van der Waals surface area contributed by atoms with Crippen LogP contribution < -0.4 is 29.6 Å². The molecule has 0 bridgehead atoms. The van der Waals surface area contributed by atoms with Gasteiger partial charge in [-0.05, 0) is 43.2 Å². The van der Waals surface area contributed by atoms with Crippen LogP contribution in [0.1, 0.15) is 12.5 Å². The van der Waals surface area contributed by atoms with E-state index >= 15 is 0 Å². The average molecular weight is 499 g/mol. The second-order valence-corrected chi connectivity index (χ2v) is 5.86. The quantitative estimate of drug-likeness (QED) is 0.344. The number of anilines is 1. The van der Waals surface area contributed by atoms with Crippen LogP contribution in [0.25, 0.3) is 0 Å². The molecule has 0 fully saturated rings. The maximum atomic E-state index is 5.61. The number of rotatable bonds is 7. The van der Waals surface area contributed by atoms with Gasteiger partial charge in [-0.2, -0.15) is 0 Å². The molecule has 1 heterocycles. The van der Waals surface area contributed by atoms with Crippen molar-refractivity contribution in [2.75, 3.05) is 39.4 Å². The normalized spacial score (nSPS) is 12.2. The minimum absolute atomic E-state index is 0. The van der Waals surface area contributed by atoms with E-state index in [2.05, 4.69) is 15.6 Å². The molecule has 2 aromatic carbocycles. The van der Waals surface area contributed by atoms with Crippen LogP contribution in [0.15, 0.2) is 41.4 Å². The molecule has 1 aliphatic heterocycles. The highest BCUT2D eigenvalue weighted by atomic mass is 127. The third-order valence-corrected chi connectivity index (χ3v) is 4.09. The van der Waals surface area contributed by atoms with Gasteiger partial charge in [0.2, 0.25) is 6.79 Å². The molecule has 3 rings (SSSR count). The predicted octanol–water partition coefficient (Wildman–Crippen LogP) is 3.67. The Bertz CT molecular complexity index is 814. The fraction of sp³-hybridized carbons (Fsp3) is 0.350. The van der Waals surface area contributed by atoms with Crippen molar-refractivity contribution in [2.24, 2.45) is 4.99 Å². The van der Waals surface area contributed by atoms with Crippen molar-refractivity contribution in [3.8, 4) is 23.0 Å². The van der Waals surface area contributed by atoms with Crippen LogP contribution in [0.3, 0.4) is 0 Å². The molecule has 0 spiro atoms. The van der Waals surface area contributed by atoms with E-state index in [1.54, 1.807) is 14.2 Å². The monoisotopic (exact) mass is 499 g/mol. The molecule has 1 aliphatic rings. The predicted molar refractivity (Wildman–Crippen MR) is 121 cm³/mol. The van der Waals surface area contributed by atoms with Crippen LogP contribution in [-0.4, -0.2) is 40.1 Å². The molecule has 0 radical (unpaired) electrons. The lowest BCUT2D eigenvalue weighted by Gasteiger charge is -2.14. The number of nitrogens with one attached hydrogen (secondary N) is 2. The smallest absolute Gasteiger partial charge is 0.231 e. The summed E-state index contributed by atoms with van der Waals surface area (Å²) in [4.78, 5) is 4.27. The van der Waals surface area contributed by atoms with Gasteiger partial charge in [0, 0.05) is 25.3 Å². The number of guanidine groups is 1. The van der Waals surface area contributed by atoms with Crippen LogP contribution >= 0.6 is 24.0 Å². The van der Waals surface area contributed by atoms with E-state index in [9.17, 15) is 0 Å². The average Bonchev–Trinajstić information content (AvgIpc) is 3.15. The standard InChI is InChI=1S/C20H25N3O4.HI/c1-4-25-19-12-15(6-8-16(19)24-3)23-20(21-2)22-10-9-14-5-7-17-18(11-14)27-13-26-17;/h5-8,11-12H,4,9-10,13H2,1-3H3,(H2,21,22,23);1H. The largest absolute Gasteiger partial charge is 0.493 e. The summed E-state index contributed by atoms with van der Waals surface area (Å²) in [5.41, 5.74) is 2.04. The zero-order chi connectivity index (χ0) is 19.1. The molecule has 2 aromatic rings. The Kier molecular flexibility index (Phi) is 8.49. The molecule has 152 valence electrons. The molecule has 0 aromatic heterocycles. The van der Waals surface area contributed by atoms with E-state index in [-0.39, 0.29) is 24.0 Å². The Hall–Kier alpha value is -2.36. The maximum absolute atomic E-state index is 5.61. The van der Waals surface area contributed by atoms with Crippen molar-refractivity contribution >= 4 is 35.6 Å². The van der Waals surface area contributed by atoms with E-state index in [4.69, 9.17) is 18.9 Å². The van der Waals surface area contributed by atoms with Crippen molar-refractivity contribution < 1.29 is 18.9 Å². The first-order valence-electron chi connectivity index (χ1n) is 8.90. The van der Waals surface area contributed by atoms with Crippen LogP contribution in [0, 0.1) is 0 Å². The number of methoxy groups -OCH3 is 1. The minimum Gasteiger partial charge on any atom is -0.493 e. The Morgan fingerprint density at radius 1 is 1.11 bits per heavy atom. The molecular weight excluding hydrogens is 473 g/mol. The number of nitrogens with zero attached hydrogens (tertiary/aromatic N) is 1. The lowest BCUT2D eigenvalue weighted by atomic mass is 10.1. The molecule has 28 heavy (non-hydrogen) atoms. The molecule has 0 saturated carbocycles. The number of aliphatic imine (C=N–C) groups is 1. The van der Waals surface area contributed by atoms with Gasteiger partial charge in [-0.3, -0.25) is 4.99 Å². The number of benzene rings is 2. The van der Waals surface area contributed by atoms with Crippen LogP contribution in [0.2, 0.25) is 0 Å². The molecule has 0 amide bonds. The van der Waals surface area contributed by atoms with Crippen LogP contribution in [0.5, 0.6) is 23.0 Å². The second-order valence-electron chi connectivity index (χ2n) is 5.86. The lowest BCUT2D eigenvalue weighted by Crippen LogP contribution is -2.32. The first kappa shape index (κ1) is 21.9. The van der Waals surface area contributed by atoms with E-state index in [0.29, 0.717) is 30.9 Å². The van der Waals surface area contributed by atoms with Gasteiger partial charge in [0.15, 0.2) is 29.0 Å². The number of hydrogen-bond donors (Lipinski definition) is 2. The van der Waals surface area contributed by atoms with Gasteiger partial charge in [-0.15, -0.1) is 24.0 Å². The first-order chi connectivity index (χ1) is 13.2. The van der Waals surface area contributed by atoms with Crippen LogP contribution in [0.4, 0.5) is 5.69 Å². The number of ether oxygens (including phenoxy) is 4. The molecule has 0 saturated heterocycles. The van der Waals surface area contributed by atoms with Gasteiger partial charge < -0.3 is 29.6 Å². The summed E-state index contributed by atoms with van der Waals surface area (Å²) in [6, 6.07) is 11.7. The third kappa shape index (κ3) is 5.57. The Morgan fingerprint density at radius 3 is 2.68 bits per heavy atom. The highest BCUT2D eigenvalue weighted by Crippen LogP contribution is 2.32. The summed E-state index contributed by atoms with van der Waals surface area (Å²) < 4.78 is 21.7. The zero-order valence-corrected chi connectivity index (χ0v) is 18.6. The fourth-order valence-corrected chi connectivity index (χ4v) is 2.76. The lowest BCUT2D eigenvalue weighted by molar-refractivity contribution is 0.174. The van der Waals surface area contributed by atoms with Gasteiger partial charge in [0.1, 0.15) is 0 Å². The van der Waals surface area contributed by atoms with Gasteiger partial charge in [0.25, 0.3) is 0 Å². The van der Waals surface area contributed by atoms with Crippen molar-refractivity contribution in [2.45, 2.75) is 13.3 Å². The van der Waals surface area contributed by atoms with E-state index in [1.165, 1.54) is 5.56 Å². The van der Waals surface area contributed by atoms with Crippen molar-refractivity contribution in [1.82, 2.24) is 5.32 Å². The molecule has 0 unspecified atom stereocenters. The zero-order valence-electron chi connectivity index (χ0n) is 16.3. The van der Waals surface area contributed by atoms with E-state index < -0.39 is 0 Å². The fourth-order valence-electron chi connectivity index (χ4n) is 2.76. The van der Waals surface area contributed by atoms with Crippen LogP contribution in [-0.2, 0) is 6.42 Å². The summed E-state index contributed by atoms with van der Waals surface area (Å²) in [5, 5.41) is 6.57. The Balaban J connectivity index is 0.00000280. The van der Waals surface area contributed by atoms with Crippen molar-refractivity contribution in [3.63, 3.8) is 0 Å². The third-order valence-electron chi connectivity index (χ3n) is 4.09. The molecule has 8 heteroatoms. The summed E-state index contributed by atoms with van der Waals surface area (Å²) in [6.45, 7) is 3.53. The highest BCUT2D eigenvalue weighted by molar-refractivity contribution is 14.0. The minimum atomic E-state index is 0. The Morgan fingerprint density at radius 2 is 1.93 bits per heavy atom. The summed E-state index contributed by atoms with van der Waals surface area (Å²) >= 11 is 0. The molecule has 0 atom stereocenters. The number of hydrogen-bond acceptors (Lipinski definition) is 5. The summed E-state index contributed by atoms with van der Waals surface area (Å²) in [5.74, 6) is 3.68. The summed E-state index contributed by atoms with van der Waals surface area (Å²) in [7, 11) is 3.37. The molecular formula is C20H26IN3O4.